The van der Waals surface area contributed by atoms with E-state index in [0.29, 0.717) is 11.2 Å². The molecule has 0 amide bonds. The number of fused-ring (bicyclic) bond motifs is 1. The Morgan fingerprint density at radius 2 is 1.80 bits per heavy atom. The Balaban J connectivity index is 0.00000147. The summed E-state index contributed by atoms with van der Waals surface area (Å²) in [4.78, 5) is 23.3. The highest BCUT2D eigenvalue weighted by molar-refractivity contribution is 5.85. The molecule has 0 aliphatic carbocycles. The lowest BCUT2D eigenvalue weighted by Crippen LogP contribution is -2.10. The fourth-order valence-corrected chi connectivity index (χ4v) is 2.25. The SMILES string of the molecule is Cc1cc(C)c2cc(-c3ccncc3)c(=O)[nH]c2n1.Cl. The maximum atomic E-state index is 12.1. The number of aromatic amines is 1. The van der Waals surface area contributed by atoms with Crippen LogP contribution in [0.3, 0.4) is 0 Å². The maximum Gasteiger partial charge on any atom is 0.257 e. The Kier molecular flexibility index (Phi) is 3.86. The van der Waals surface area contributed by atoms with Crippen molar-refractivity contribution in [2.75, 3.05) is 0 Å². The number of hydrogen-bond acceptors (Lipinski definition) is 3. The molecule has 0 aromatic carbocycles. The van der Waals surface area contributed by atoms with E-state index in [4.69, 9.17) is 0 Å². The van der Waals surface area contributed by atoms with E-state index in [2.05, 4.69) is 15.0 Å². The first-order valence-electron chi connectivity index (χ1n) is 6.07. The van der Waals surface area contributed by atoms with Gasteiger partial charge in [0.2, 0.25) is 0 Å². The van der Waals surface area contributed by atoms with E-state index in [9.17, 15) is 4.79 Å². The summed E-state index contributed by atoms with van der Waals surface area (Å²) in [5, 5.41) is 0.969. The van der Waals surface area contributed by atoms with Crippen molar-refractivity contribution in [3.05, 3.63) is 58.3 Å². The Morgan fingerprint density at radius 3 is 2.50 bits per heavy atom. The Hall–Kier alpha value is -2.20. The number of pyridine rings is 3. The van der Waals surface area contributed by atoms with Gasteiger partial charge in [0.15, 0.2) is 0 Å². The van der Waals surface area contributed by atoms with E-state index in [0.717, 1.165) is 22.2 Å². The lowest BCUT2D eigenvalue weighted by atomic mass is 10.1. The molecule has 5 heteroatoms. The van der Waals surface area contributed by atoms with E-state index in [1.54, 1.807) is 12.4 Å². The molecule has 3 aromatic rings. The summed E-state index contributed by atoms with van der Waals surface area (Å²) in [6.07, 6.45) is 3.36. The predicted molar refractivity (Wildman–Crippen MR) is 82.3 cm³/mol. The van der Waals surface area contributed by atoms with Gasteiger partial charge in [-0.1, -0.05) is 0 Å². The zero-order valence-electron chi connectivity index (χ0n) is 11.2. The molecule has 0 unspecified atom stereocenters. The van der Waals surface area contributed by atoms with E-state index in [1.165, 1.54) is 0 Å². The summed E-state index contributed by atoms with van der Waals surface area (Å²) in [5.41, 5.74) is 4.02. The lowest BCUT2D eigenvalue weighted by Gasteiger charge is -2.06. The molecule has 0 radical (unpaired) electrons. The van der Waals surface area contributed by atoms with Gasteiger partial charge in [-0.3, -0.25) is 9.78 Å². The largest absolute Gasteiger partial charge is 0.306 e. The standard InChI is InChI=1S/C15H13N3O.ClH/c1-9-7-10(2)17-14-12(9)8-13(15(19)18-14)11-3-5-16-6-4-11;/h3-8H,1-2H3,(H,17,18,19);1H. The summed E-state index contributed by atoms with van der Waals surface area (Å²) < 4.78 is 0. The van der Waals surface area contributed by atoms with Crippen molar-refractivity contribution >= 4 is 23.4 Å². The highest BCUT2D eigenvalue weighted by atomic mass is 35.5. The lowest BCUT2D eigenvalue weighted by molar-refractivity contribution is 1.16. The minimum atomic E-state index is -0.129. The molecule has 3 aromatic heterocycles. The van der Waals surface area contributed by atoms with Gasteiger partial charge in [-0.15, -0.1) is 12.4 Å². The van der Waals surface area contributed by atoms with Crippen molar-refractivity contribution in [1.29, 1.82) is 0 Å². The van der Waals surface area contributed by atoms with Crippen LogP contribution in [-0.4, -0.2) is 15.0 Å². The van der Waals surface area contributed by atoms with E-state index in [1.807, 2.05) is 38.1 Å². The number of H-pyrrole nitrogens is 1. The molecule has 4 nitrogen and oxygen atoms in total. The molecule has 102 valence electrons. The van der Waals surface area contributed by atoms with Crippen LogP contribution in [-0.2, 0) is 0 Å². The fraction of sp³-hybridized carbons (Fsp3) is 0.133. The van der Waals surface area contributed by atoms with E-state index < -0.39 is 0 Å². The van der Waals surface area contributed by atoms with Crippen LogP contribution in [0.5, 0.6) is 0 Å². The molecule has 3 rings (SSSR count). The molecule has 3 heterocycles. The van der Waals surface area contributed by atoms with Crippen molar-refractivity contribution in [3.63, 3.8) is 0 Å². The summed E-state index contributed by atoms with van der Waals surface area (Å²) in [6, 6.07) is 7.56. The first-order valence-corrected chi connectivity index (χ1v) is 6.07. The van der Waals surface area contributed by atoms with Crippen LogP contribution in [0.1, 0.15) is 11.3 Å². The second-order valence-electron chi connectivity index (χ2n) is 4.59. The molecule has 20 heavy (non-hydrogen) atoms. The van der Waals surface area contributed by atoms with Gasteiger partial charge < -0.3 is 4.98 Å². The summed E-state index contributed by atoms with van der Waals surface area (Å²) in [7, 11) is 0. The van der Waals surface area contributed by atoms with Crippen LogP contribution in [0.25, 0.3) is 22.2 Å². The molecule has 0 saturated heterocycles. The zero-order chi connectivity index (χ0) is 13.4. The molecule has 0 aliphatic rings. The normalized spacial score (nSPS) is 10.3. The van der Waals surface area contributed by atoms with Gasteiger partial charge in [0.1, 0.15) is 5.65 Å². The van der Waals surface area contributed by atoms with Crippen LogP contribution >= 0.6 is 12.4 Å². The Bertz CT molecular complexity index is 812. The molecule has 0 atom stereocenters. The molecular formula is C15H14ClN3O. The van der Waals surface area contributed by atoms with Crippen molar-refractivity contribution in [2.45, 2.75) is 13.8 Å². The number of aryl methyl sites for hydroxylation is 2. The molecule has 0 bridgehead atoms. The Labute approximate surface area is 122 Å². The minimum Gasteiger partial charge on any atom is -0.306 e. The number of aromatic nitrogens is 3. The third-order valence-corrected chi connectivity index (χ3v) is 3.15. The second kappa shape index (κ2) is 5.43. The van der Waals surface area contributed by atoms with Gasteiger partial charge in [0.25, 0.3) is 5.56 Å². The van der Waals surface area contributed by atoms with E-state index in [-0.39, 0.29) is 18.0 Å². The van der Waals surface area contributed by atoms with Crippen LogP contribution in [0, 0.1) is 13.8 Å². The van der Waals surface area contributed by atoms with Gasteiger partial charge >= 0.3 is 0 Å². The summed E-state index contributed by atoms with van der Waals surface area (Å²) in [5.74, 6) is 0. The first kappa shape index (κ1) is 14.2. The minimum absolute atomic E-state index is 0. The number of hydrogen-bond donors (Lipinski definition) is 1. The average Bonchev–Trinajstić information content (AvgIpc) is 2.38. The average molecular weight is 288 g/mol. The number of rotatable bonds is 1. The fourth-order valence-electron chi connectivity index (χ4n) is 2.25. The molecule has 0 aliphatic heterocycles. The molecule has 0 spiro atoms. The number of nitrogens with zero attached hydrogens (tertiary/aromatic N) is 2. The monoisotopic (exact) mass is 287 g/mol. The molecule has 1 N–H and O–H groups in total. The summed E-state index contributed by atoms with van der Waals surface area (Å²) in [6.45, 7) is 3.94. The Morgan fingerprint density at radius 1 is 1.10 bits per heavy atom. The first-order chi connectivity index (χ1) is 9.15. The van der Waals surface area contributed by atoms with Crippen LogP contribution in [0.15, 0.2) is 41.5 Å². The number of nitrogens with one attached hydrogen (secondary N) is 1. The van der Waals surface area contributed by atoms with Gasteiger partial charge in [-0.05, 0) is 49.2 Å². The van der Waals surface area contributed by atoms with Gasteiger partial charge in [-0.2, -0.15) is 0 Å². The van der Waals surface area contributed by atoms with Crippen molar-refractivity contribution in [3.8, 4) is 11.1 Å². The van der Waals surface area contributed by atoms with Gasteiger partial charge in [0, 0.05) is 29.0 Å². The third kappa shape index (κ3) is 2.42. The topological polar surface area (TPSA) is 58.6 Å². The quantitative estimate of drug-likeness (QED) is 0.748. The van der Waals surface area contributed by atoms with Crippen LogP contribution in [0.2, 0.25) is 0 Å². The maximum absolute atomic E-state index is 12.1. The van der Waals surface area contributed by atoms with Crippen LogP contribution < -0.4 is 5.56 Å². The van der Waals surface area contributed by atoms with Crippen molar-refractivity contribution in [1.82, 2.24) is 15.0 Å². The third-order valence-electron chi connectivity index (χ3n) is 3.15. The predicted octanol–water partition coefficient (Wildman–Crippen LogP) is 3.02. The highest BCUT2D eigenvalue weighted by Crippen LogP contribution is 2.20. The highest BCUT2D eigenvalue weighted by Gasteiger charge is 2.08. The second-order valence-corrected chi connectivity index (χ2v) is 4.59. The summed E-state index contributed by atoms with van der Waals surface area (Å²) >= 11 is 0. The number of halogens is 1. The van der Waals surface area contributed by atoms with E-state index >= 15 is 0 Å². The van der Waals surface area contributed by atoms with Gasteiger partial charge in [-0.25, -0.2) is 4.98 Å². The van der Waals surface area contributed by atoms with Gasteiger partial charge in [0.05, 0.1) is 0 Å². The molecular weight excluding hydrogens is 274 g/mol. The molecule has 0 saturated carbocycles. The van der Waals surface area contributed by atoms with Crippen molar-refractivity contribution in [2.24, 2.45) is 0 Å². The van der Waals surface area contributed by atoms with Crippen LogP contribution in [0.4, 0.5) is 0 Å². The van der Waals surface area contributed by atoms with Crippen molar-refractivity contribution < 1.29 is 0 Å². The molecule has 0 fully saturated rings. The zero-order valence-corrected chi connectivity index (χ0v) is 12.0. The smallest absolute Gasteiger partial charge is 0.257 e.